The number of benzene rings is 1. The monoisotopic (exact) mass is 511 g/mol. The quantitative estimate of drug-likeness (QED) is 0.230. The molecule has 5 nitrogen and oxygen atoms in total. The van der Waals surface area contributed by atoms with Crippen LogP contribution in [0, 0.1) is 0 Å². The third-order valence-corrected chi connectivity index (χ3v) is 9.74. The number of rotatable bonds is 6. The van der Waals surface area contributed by atoms with Crippen LogP contribution in [-0.4, -0.2) is 31.1 Å². The van der Waals surface area contributed by atoms with Crippen LogP contribution in [0.3, 0.4) is 0 Å². The van der Waals surface area contributed by atoms with Gasteiger partial charge < -0.3 is 9.47 Å². The first-order valence-electron chi connectivity index (χ1n) is 9.88. The van der Waals surface area contributed by atoms with Crippen LogP contribution in [0.1, 0.15) is 15.9 Å². The van der Waals surface area contributed by atoms with Crippen molar-refractivity contribution in [1.82, 2.24) is 4.98 Å². The van der Waals surface area contributed by atoms with Crippen molar-refractivity contribution in [3.63, 3.8) is 0 Å². The molecule has 0 saturated carbocycles. The molecule has 0 saturated heterocycles. The van der Waals surface area contributed by atoms with Crippen LogP contribution in [-0.2, 0) is 20.7 Å². The number of ether oxygens (including phenoxy) is 2. The van der Waals surface area contributed by atoms with E-state index in [-0.39, 0.29) is 18.4 Å². The minimum atomic E-state index is -0.373. The van der Waals surface area contributed by atoms with E-state index >= 15 is 0 Å². The topological polar surface area (TPSA) is 65.5 Å². The molecule has 0 N–H and O–H groups in total. The van der Waals surface area contributed by atoms with E-state index in [9.17, 15) is 9.59 Å². The van der Waals surface area contributed by atoms with Crippen molar-refractivity contribution < 1.29 is 19.1 Å². The van der Waals surface area contributed by atoms with Crippen LogP contribution in [0.25, 0.3) is 39.6 Å². The van der Waals surface area contributed by atoms with Gasteiger partial charge in [-0.2, -0.15) is 0 Å². The van der Waals surface area contributed by atoms with E-state index in [1.165, 1.54) is 30.3 Å². The van der Waals surface area contributed by atoms with Crippen molar-refractivity contribution in [2.75, 3.05) is 14.2 Å². The summed E-state index contributed by atoms with van der Waals surface area (Å²) < 4.78 is 10.9. The number of methoxy groups -OCH3 is 2. The molecule has 0 radical (unpaired) electrons. The summed E-state index contributed by atoms with van der Waals surface area (Å²) >= 11 is 6.43. The molecule has 0 spiro atoms. The highest BCUT2D eigenvalue weighted by molar-refractivity contribution is 7.29. The van der Waals surface area contributed by atoms with Gasteiger partial charge in [-0.25, -0.2) is 9.78 Å². The number of para-hydroxylation sites is 1. The first-order valence-corrected chi connectivity index (χ1v) is 13.2. The summed E-state index contributed by atoms with van der Waals surface area (Å²) in [6.45, 7) is 0. The van der Waals surface area contributed by atoms with Crippen LogP contribution < -0.4 is 0 Å². The molecule has 0 bridgehead atoms. The number of carbonyl (C=O) groups excluding carboxylic acids is 2. The highest BCUT2D eigenvalue weighted by Gasteiger charge is 2.20. The molecule has 9 heteroatoms. The summed E-state index contributed by atoms with van der Waals surface area (Å²) in [6.07, 6.45) is 0.171. The number of fused-ring (bicyclic) bond motifs is 1. The normalized spacial score (nSPS) is 11.1. The van der Waals surface area contributed by atoms with Gasteiger partial charge in [0.2, 0.25) is 0 Å². The Bertz CT molecular complexity index is 1440. The first kappa shape index (κ1) is 22.0. The van der Waals surface area contributed by atoms with Gasteiger partial charge in [-0.15, -0.1) is 45.3 Å². The molecule has 5 aromatic rings. The molecule has 4 aromatic heterocycles. The standard InChI is InChI=1S/C24H17NO4S4/c1-28-21(26)11-13-9-19(32-22(13)20-10-14(12-30-20)24(27)29-2)17-7-8-18(31-17)23-25-15-5-3-4-6-16(15)33-23/h3-10,12H,11H2,1-2H3. The van der Waals surface area contributed by atoms with Crippen molar-refractivity contribution >= 4 is 67.5 Å². The average molecular weight is 512 g/mol. The summed E-state index contributed by atoms with van der Waals surface area (Å²) in [5.74, 6) is -0.672. The second kappa shape index (κ2) is 9.18. The fourth-order valence-corrected chi connectivity index (χ4v) is 7.68. The summed E-state index contributed by atoms with van der Waals surface area (Å²) in [7, 11) is 2.75. The molecular weight excluding hydrogens is 495 g/mol. The lowest BCUT2D eigenvalue weighted by Crippen LogP contribution is -2.04. The molecule has 0 aliphatic carbocycles. The van der Waals surface area contributed by atoms with Crippen LogP contribution in [0.2, 0.25) is 0 Å². The van der Waals surface area contributed by atoms with Crippen molar-refractivity contribution in [1.29, 1.82) is 0 Å². The minimum absolute atomic E-state index is 0.171. The Labute approximate surface area is 205 Å². The van der Waals surface area contributed by atoms with Gasteiger partial charge in [-0.3, -0.25) is 4.79 Å². The summed E-state index contributed by atoms with van der Waals surface area (Å²) in [4.78, 5) is 33.9. The van der Waals surface area contributed by atoms with Gasteiger partial charge in [0, 0.05) is 24.9 Å². The molecule has 166 valence electrons. The van der Waals surface area contributed by atoms with Crippen LogP contribution in [0.15, 0.2) is 53.9 Å². The van der Waals surface area contributed by atoms with Gasteiger partial charge in [0.05, 0.1) is 41.3 Å². The lowest BCUT2D eigenvalue weighted by molar-refractivity contribution is -0.139. The molecular formula is C24H17NO4S4. The Hall–Kier alpha value is -2.85. The maximum atomic E-state index is 12.1. The third kappa shape index (κ3) is 4.37. The number of thiazole rings is 1. The van der Waals surface area contributed by atoms with Crippen LogP contribution in [0.4, 0.5) is 0 Å². The first-order chi connectivity index (χ1) is 16.1. The van der Waals surface area contributed by atoms with Gasteiger partial charge in [0.1, 0.15) is 5.01 Å². The minimum Gasteiger partial charge on any atom is -0.469 e. The lowest BCUT2D eigenvalue weighted by atomic mass is 10.1. The SMILES string of the molecule is COC(=O)Cc1cc(-c2ccc(-c3nc4ccccc4s3)s2)sc1-c1cc(C(=O)OC)cs1. The van der Waals surface area contributed by atoms with Gasteiger partial charge in [-0.1, -0.05) is 12.1 Å². The van der Waals surface area contributed by atoms with Crippen LogP contribution in [0.5, 0.6) is 0 Å². The molecule has 0 aliphatic rings. The van der Waals surface area contributed by atoms with Crippen molar-refractivity contribution in [3.05, 3.63) is 65.0 Å². The molecule has 0 fully saturated rings. The van der Waals surface area contributed by atoms with Gasteiger partial charge in [0.25, 0.3) is 0 Å². The Morgan fingerprint density at radius 3 is 2.48 bits per heavy atom. The fraction of sp³-hybridized carbons (Fsp3) is 0.125. The Morgan fingerprint density at radius 1 is 0.879 bits per heavy atom. The number of thiophene rings is 3. The zero-order chi connectivity index (χ0) is 22.9. The van der Waals surface area contributed by atoms with E-state index in [4.69, 9.17) is 14.5 Å². The molecule has 33 heavy (non-hydrogen) atoms. The number of nitrogens with zero attached hydrogens (tertiary/aromatic N) is 1. The third-order valence-electron chi connectivity index (χ3n) is 4.97. The summed E-state index contributed by atoms with van der Waals surface area (Å²) in [6, 6.07) is 16.2. The van der Waals surface area contributed by atoms with Crippen LogP contribution >= 0.6 is 45.3 Å². The number of esters is 2. The Balaban J connectivity index is 1.52. The number of hydrogen-bond donors (Lipinski definition) is 0. The van der Waals surface area contributed by atoms with E-state index in [1.807, 2.05) is 30.3 Å². The Kier molecular flexibility index (Phi) is 6.11. The molecule has 0 atom stereocenters. The van der Waals surface area contributed by atoms with E-state index in [0.29, 0.717) is 5.56 Å². The van der Waals surface area contributed by atoms with E-state index in [2.05, 4.69) is 18.2 Å². The molecule has 0 aliphatic heterocycles. The number of hydrogen-bond acceptors (Lipinski definition) is 9. The summed E-state index contributed by atoms with van der Waals surface area (Å²) in [5.41, 5.74) is 2.39. The largest absolute Gasteiger partial charge is 0.469 e. The number of aromatic nitrogens is 1. The molecule has 1 aromatic carbocycles. The average Bonchev–Trinajstić information content (AvgIpc) is 3.62. The lowest BCUT2D eigenvalue weighted by Gasteiger charge is -2.00. The van der Waals surface area contributed by atoms with Crippen molar-refractivity contribution in [3.8, 4) is 29.4 Å². The smallest absolute Gasteiger partial charge is 0.338 e. The highest BCUT2D eigenvalue weighted by atomic mass is 32.1. The highest BCUT2D eigenvalue weighted by Crippen LogP contribution is 2.45. The van der Waals surface area contributed by atoms with E-state index in [0.717, 1.165) is 40.5 Å². The number of carbonyl (C=O) groups is 2. The van der Waals surface area contributed by atoms with Crippen molar-refractivity contribution in [2.24, 2.45) is 0 Å². The molecule has 5 rings (SSSR count). The van der Waals surface area contributed by atoms with E-state index < -0.39 is 0 Å². The van der Waals surface area contributed by atoms with Gasteiger partial charge >= 0.3 is 11.9 Å². The van der Waals surface area contributed by atoms with E-state index in [1.54, 1.807) is 39.4 Å². The van der Waals surface area contributed by atoms with Gasteiger partial charge in [-0.05, 0) is 42.0 Å². The molecule has 0 unspecified atom stereocenters. The predicted molar refractivity (Wildman–Crippen MR) is 137 cm³/mol. The molecule has 0 amide bonds. The maximum absolute atomic E-state index is 12.1. The second-order valence-corrected chi connectivity index (χ2v) is 11.1. The maximum Gasteiger partial charge on any atom is 0.338 e. The zero-order valence-electron chi connectivity index (χ0n) is 17.6. The fourth-order valence-electron chi connectivity index (χ4n) is 3.36. The predicted octanol–water partition coefficient (Wildman–Crippen LogP) is 6.98. The zero-order valence-corrected chi connectivity index (χ0v) is 20.9. The van der Waals surface area contributed by atoms with Crippen molar-refractivity contribution in [2.45, 2.75) is 6.42 Å². The Morgan fingerprint density at radius 2 is 1.70 bits per heavy atom. The summed E-state index contributed by atoms with van der Waals surface area (Å²) in [5, 5.41) is 2.78. The molecule has 4 heterocycles. The van der Waals surface area contributed by atoms with Gasteiger partial charge in [0.15, 0.2) is 0 Å². The second-order valence-electron chi connectivity index (χ2n) is 7.06.